The van der Waals surface area contributed by atoms with Crippen molar-refractivity contribution in [3.05, 3.63) is 23.5 Å². The largest absolute Gasteiger partial charge is 0.388 e. The minimum atomic E-state index is -0.229. The molecule has 0 saturated carbocycles. The zero-order valence-corrected chi connectivity index (χ0v) is 11.0. The van der Waals surface area contributed by atoms with E-state index < -0.39 is 0 Å². The molecular weight excluding hydrogens is 226 g/mol. The molecular formula is C15H23NO2. The first-order valence-corrected chi connectivity index (χ1v) is 7.31. The third kappa shape index (κ3) is 2.62. The molecule has 3 nitrogen and oxygen atoms in total. The molecule has 2 heterocycles. The molecule has 2 atom stereocenters. The van der Waals surface area contributed by atoms with Crippen molar-refractivity contribution in [3.63, 3.8) is 0 Å². The number of hydrogen-bond donors (Lipinski definition) is 1. The van der Waals surface area contributed by atoms with Gasteiger partial charge in [0.2, 0.25) is 0 Å². The molecule has 1 aromatic heterocycles. The number of hydrogen-bond acceptors (Lipinski definition) is 2. The summed E-state index contributed by atoms with van der Waals surface area (Å²) in [6.45, 7) is 2.01. The molecule has 0 radical (unpaired) electrons. The Bertz CT molecular complexity index is 393. The normalized spacial score (nSPS) is 27.4. The van der Waals surface area contributed by atoms with Gasteiger partial charge in [-0.15, -0.1) is 0 Å². The van der Waals surface area contributed by atoms with E-state index in [0.29, 0.717) is 6.10 Å². The van der Waals surface area contributed by atoms with Crippen LogP contribution in [0.4, 0.5) is 0 Å². The van der Waals surface area contributed by atoms with E-state index in [4.69, 9.17) is 4.74 Å². The second kappa shape index (κ2) is 5.45. The van der Waals surface area contributed by atoms with E-state index in [1.165, 1.54) is 36.8 Å². The predicted octanol–water partition coefficient (Wildman–Crippen LogP) is 2.82. The summed E-state index contributed by atoms with van der Waals surface area (Å²) in [6, 6.07) is 0. The number of nitrogens with zero attached hydrogens (tertiary/aromatic N) is 1. The Morgan fingerprint density at radius 3 is 3.00 bits per heavy atom. The summed E-state index contributed by atoms with van der Waals surface area (Å²) in [5.41, 5.74) is 2.52. The summed E-state index contributed by atoms with van der Waals surface area (Å²) < 4.78 is 7.90. The Balaban J connectivity index is 1.53. The SMILES string of the molecule is OC1CCCc2cn(CCCC3CCCO3)cc21. The van der Waals surface area contributed by atoms with E-state index in [-0.39, 0.29) is 6.10 Å². The highest BCUT2D eigenvalue weighted by atomic mass is 16.5. The maximum atomic E-state index is 9.94. The second-order valence-corrected chi connectivity index (χ2v) is 5.66. The number of ether oxygens (including phenoxy) is 1. The van der Waals surface area contributed by atoms with E-state index in [1.54, 1.807) is 0 Å². The molecule has 1 aromatic rings. The molecule has 1 N–H and O–H groups in total. The van der Waals surface area contributed by atoms with Gasteiger partial charge in [-0.1, -0.05) is 0 Å². The van der Waals surface area contributed by atoms with Crippen LogP contribution in [0.1, 0.15) is 55.8 Å². The van der Waals surface area contributed by atoms with Crippen LogP contribution >= 0.6 is 0 Å². The van der Waals surface area contributed by atoms with E-state index in [2.05, 4.69) is 17.0 Å². The van der Waals surface area contributed by atoms with Crippen molar-refractivity contribution in [1.29, 1.82) is 0 Å². The zero-order chi connectivity index (χ0) is 12.4. The van der Waals surface area contributed by atoms with Crippen molar-refractivity contribution >= 4 is 0 Å². The summed E-state index contributed by atoms with van der Waals surface area (Å²) >= 11 is 0. The number of aliphatic hydroxyl groups excluding tert-OH is 1. The monoisotopic (exact) mass is 249 g/mol. The molecule has 1 fully saturated rings. The van der Waals surface area contributed by atoms with Crippen LogP contribution < -0.4 is 0 Å². The number of aromatic nitrogens is 1. The van der Waals surface area contributed by atoms with Gasteiger partial charge < -0.3 is 14.4 Å². The van der Waals surface area contributed by atoms with Crippen LogP contribution in [0.5, 0.6) is 0 Å². The average molecular weight is 249 g/mol. The summed E-state index contributed by atoms with van der Waals surface area (Å²) in [5, 5.41) is 9.94. The van der Waals surface area contributed by atoms with E-state index >= 15 is 0 Å². The third-order valence-electron chi connectivity index (χ3n) is 4.25. The van der Waals surface area contributed by atoms with Gasteiger partial charge in [0.1, 0.15) is 0 Å². The second-order valence-electron chi connectivity index (χ2n) is 5.66. The van der Waals surface area contributed by atoms with Gasteiger partial charge in [0.05, 0.1) is 12.2 Å². The summed E-state index contributed by atoms with van der Waals surface area (Å²) in [5.74, 6) is 0. The van der Waals surface area contributed by atoms with Gasteiger partial charge in [-0.2, -0.15) is 0 Å². The maximum absolute atomic E-state index is 9.94. The van der Waals surface area contributed by atoms with Gasteiger partial charge in [-0.05, 0) is 50.5 Å². The fourth-order valence-corrected chi connectivity index (χ4v) is 3.23. The Labute approximate surface area is 109 Å². The number of aliphatic hydroxyl groups is 1. The highest BCUT2D eigenvalue weighted by molar-refractivity contribution is 5.28. The molecule has 1 aliphatic carbocycles. The van der Waals surface area contributed by atoms with Crippen molar-refractivity contribution < 1.29 is 9.84 Å². The van der Waals surface area contributed by atoms with Crippen molar-refractivity contribution in [1.82, 2.24) is 4.57 Å². The maximum Gasteiger partial charge on any atom is 0.0807 e. The summed E-state index contributed by atoms with van der Waals surface area (Å²) in [6.07, 6.45) is 12.6. The standard InChI is InChI=1S/C15H23NO2/c17-15-7-1-4-12-10-16(11-14(12)15)8-2-5-13-6-3-9-18-13/h10-11,13,15,17H,1-9H2. The molecule has 100 valence electrons. The minimum Gasteiger partial charge on any atom is -0.388 e. The highest BCUT2D eigenvalue weighted by Gasteiger charge is 2.20. The van der Waals surface area contributed by atoms with Crippen molar-refractivity contribution in [2.24, 2.45) is 0 Å². The van der Waals surface area contributed by atoms with Crippen LogP contribution in [0.2, 0.25) is 0 Å². The van der Waals surface area contributed by atoms with Crippen LogP contribution in [0.25, 0.3) is 0 Å². The first-order chi connectivity index (χ1) is 8.83. The lowest BCUT2D eigenvalue weighted by Gasteiger charge is -2.16. The van der Waals surface area contributed by atoms with Gasteiger partial charge in [0.25, 0.3) is 0 Å². The molecule has 1 aliphatic heterocycles. The van der Waals surface area contributed by atoms with Crippen LogP contribution in [-0.2, 0) is 17.7 Å². The van der Waals surface area contributed by atoms with Crippen LogP contribution in [0.15, 0.2) is 12.4 Å². The van der Waals surface area contributed by atoms with Crippen molar-refractivity contribution in [2.75, 3.05) is 6.61 Å². The van der Waals surface area contributed by atoms with Crippen LogP contribution in [-0.4, -0.2) is 22.4 Å². The van der Waals surface area contributed by atoms with Crippen molar-refractivity contribution in [2.45, 2.75) is 63.7 Å². The molecule has 2 aliphatic rings. The number of fused-ring (bicyclic) bond motifs is 1. The Kier molecular flexibility index (Phi) is 3.71. The van der Waals surface area contributed by atoms with Crippen LogP contribution in [0, 0.1) is 0 Å². The molecule has 2 unspecified atom stereocenters. The number of aryl methyl sites for hydroxylation is 2. The smallest absolute Gasteiger partial charge is 0.0807 e. The van der Waals surface area contributed by atoms with Gasteiger partial charge >= 0.3 is 0 Å². The van der Waals surface area contributed by atoms with Gasteiger partial charge in [0, 0.05) is 31.1 Å². The van der Waals surface area contributed by atoms with E-state index in [0.717, 1.165) is 32.4 Å². The van der Waals surface area contributed by atoms with Gasteiger partial charge in [-0.25, -0.2) is 0 Å². The molecule has 0 bridgehead atoms. The first kappa shape index (κ1) is 12.2. The molecule has 0 amide bonds. The topological polar surface area (TPSA) is 34.4 Å². The number of rotatable bonds is 4. The van der Waals surface area contributed by atoms with Crippen molar-refractivity contribution in [3.8, 4) is 0 Å². The highest BCUT2D eigenvalue weighted by Crippen LogP contribution is 2.30. The van der Waals surface area contributed by atoms with Gasteiger partial charge in [0.15, 0.2) is 0 Å². The molecule has 0 spiro atoms. The predicted molar refractivity (Wildman–Crippen MR) is 70.5 cm³/mol. The van der Waals surface area contributed by atoms with E-state index in [9.17, 15) is 5.11 Å². The molecule has 3 rings (SSSR count). The lowest BCUT2D eigenvalue weighted by molar-refractivity contribution is 0.101. The Morgan fingerprint density at radius 1 is 1.28 bits per heavy atom. The minimum absolute atomic E-state index is 0.229. The fraction of sp³-hybridized carbons (Fsp3) is 0.733. The summed E-state index contributed by atoms with van der Waals surface area (Å²) in [4.78, 5) is 0. The quantitative estimate of drug-likeness (QED) is 0.890. The third-order valence-corrected chi connectivity index (χ3v) is 4.25. The fourth-order valence-electron chi connectivity index (χ4n) is 3.23. The van der Waals surface area contributed by atoms with Crippen LogP contribution in [0.3, 0.4) is 0 Å². The first-order valence-electron chi connectivity index (χ1n) is 7.31. The lowest BCUT2D eigenvalue weighted by atomic mass is 9.93. The Morgan fingerprint density at radius 2 is 2.22 bits per heavy atom. The molecule has 3 heteroatoms. The Hall–Kier alpha value is -0.800. The molecule has 18 heavy (non-hydrogen) atoms. The average Bonchev–Trinajstić information content (AvgIpc) is 2.98. The van der Waals surface area contributed by atoms with Gasteiger partial charge in [-0.3, -0.25) is 0 Å². The van der Waals surface area contributed by atoms with E-state index in [1.807, 2.05) is 0 Å². The molecule has 0 aromatic carbocycles. The lowest BCUT2D eigenvalue weighted by Crippen LogP contribution is -2.06. The molecule has 1 saturated heterocycles. The summed E-state index contributed by atoms with van der Waals surface area (Å²) in [7, 11) is 0. The zero-order valence-electron chi connectivity index (χ0n) is 11.0.